The topological polar surface area (TPSA) is 23.6 Å². The molecule has 1 saturated carbocycles. The fourth-order valence-electron chi connectivity index (χ4n) is 3.10. The van der Waals surface area contributed by atoms with Crippen LogP contribution in [0, 0.1) is 5.41 Å². The van der Waals surface area contributed by atoms with Gasteiger partial charge in [-0.3, -0.25) is 0 Å². The number of hydrogen-bond donors (Lipinski definition) is 0. The van der Waals surface area contributed by atoms with E-state index in [9.17, 15) is 4.79 Å². The molecule has 0 spiro atoms. The fraction of sp³-hybridized carbons (Fsp3) is 0.923. The lowest BCUT2D eigenvalue weighted by Gasteiger charge is -2.30. The van der Waals surface area contributed by atoms with Gasteiger partial charge in [0.2, 0.25) is 0 Å². The van der Waals surface area contributed by atoms with Gasteiger partial charge in [-0.15, -0.1) is 0 Å². The molecule has 92 valence electrons. The first-order valence-electron chi connectivity index (χ1n) is 6.61. The molecular formula is C13H24N2O. The van der Waals surface area contributed by atoms with Gasteiger partial charge in [0.05, 0.1) is 0 Å². The smallest absolute Gasteiger partial charge is 0.127 e. The van der Waals surface area contributed by atoms with Crippen LogP contribution in [0.15, 0.2) is 0 Å². The average Bonchev–Trinajstić information content (AvgIpc) is 2.66. The van der Waals surface area contributed by atoms with E-state index in [4.69, 9.17) is 0 Å². The molecule has 1 aliphatic heterocycles. The van der Waals surface area contributed by atoms with Crippen LogP contribution >= 0.6 is 0 Å². The number of hydrogen-bond acceptors (Lipinski definition) is 3. The number of likely N-dealkylation sites (N-methyl/N-ethyl adjacent to an activating group) is 1. The molecular weight excluding hydrogens is 200 g/mol. The molecule has 0 atom stereocenters. The normalized spacial score (nSPS) is 27.8. The van der Waals surface area contributed by atoms with Crippen LogP contribution in [-0.2, 0) is 4.79 Å². The highest BCUT2D eigenvalue weighted by molar-refractivity contribution is 5.60. The molecule has 0 N–H and O–H groups in total. The molecule has 0 aromatic carbocycles. The Bertz CT molecular complexity index is 236. The lowest BCUT2D eigenvalue weighted by molar-refractivity contribution is -0.117. The molecule has 0 radical (unpaired) electrons. The summed E-state index contributed by atoms with van der Waals surface area (Å²) >= 11 is 0. The number of nitrogens with zero attached hydrogens (tertiary/aromatic N) is 2. The maximum atomic E-state index is 11.3. The Labute approximate surface area is 98.8 Å². The molecule has 2 aliphatic rings. The minimum Gasteiger partial charge on any atom is -0.305 e. The van der Waals surface area contributed by atoms with E-state index in [1.165, 1.54) is 38.6 Å². The largest absolute Gasteiger partial charge is 0.305 e. The predicted molar refractivity (Wildman–Crippen MR) is 65.5 cm³/mol. The lowest BCUT2D eigenvalue weighted by Crippen LogP contribution is -2.39. The van der Waals surface area contributed by atoms with Gasteiger partial charge in [-0.25, -0.2) is 0 Å². The van der Waals surface area contributed by atoms with Gasteiger partial charge in [0.15, 0.2) is 0 Å². The molecule has 0 amide bonds. The zero-order valence-corrected chi connectivity index (χ0v) is 10.5. The predicted octanol–water partition coefficient (Wildman–Crippen LogP) is 1.38. The van der Waals surface area contributed by atoms with Crippen LogP contribution in [0.3, 0.4) is 0 Å². The second-order valence-corrected chi connectivity index (χ2v) is 5.62. The van der Waals surface area contributed by atoms with Gasteiger partial charge in [0, 0.05) is 25.0 Å². The first kappa shape index (κ1) is 12.1. The monoisotopic (exact) mass is 224 g/mol. The van der Waals surface area contributed by atoms with Crippen LogP contribution in [0.4, 0.5) is 0 Å². The molecule has 3 nitrogen and oxygen atoms in total. The molecule has 1 saturated heterocycles. The minimum absolute atomic E-state index is 0.00289. The standard InChI is InChI=1S/C13H24N2O/c1-14-7-4-8-15(10-9-14)11-13(12-16)5-2-3-6-13/h12H,2-11H2,1H3. The fourth-order valence-corrected chi connectivity index (χ4v) is 3.10. The zero-order valence-electron chi connectivity index (χ0n) is 10.5. The Morgan fingerprint density at radius 3 is 2.50 bits per heavy atom. The molecule has 0 aromatic heterocycles. The van der Waals surface area contributed by atoms with Crippen molar-refractivity contribution in [1.29, 1.82) is 0 Å². The van der Waals surface area contributed by atoms with E-state index < -0.39 is 0 Å². The van der Waals surface area contributed by atoms with Gasteiger partial charge < -0.3 is 14.6 Å². The van der Waals surface area contributed by atoms with Crippen molar-refractivity contribution >= 4 is 6.29 Å². The van der Waals surface area contributed by atoms with Gasteiger partial charge in [0.25, 0.3) is 0 Å². The van der Waals surface area contributed by atoms with Crippen LogP contribution in [0.2, 0.25) is 0 Å². The summed E-state index contributed by atoms with van der Waals surface area (Å²) in [5, 5.41) is 0. The first-order valence-corrected chi connectivity index (χ1v) is 6.61. The van der Waals surface area contributed by atoms with Gasteiger partial charge in [0.1, 0.15) is 6.29 Å². The maximum absolute atomic E-state index is 11.3. The van der Waals surface area contributed by atoms with Crippen LogP contribution in [0.1, 0.15) is 32.1 Å². The Hall–Kier alpha value is -0.410. The Balaban J connectivity index is 1.89. The van der Waals surface area contributed by atoms with Gasteiger partial charge in [-0.05, 0) is 39.4 Å². The van der Waals surface area contributed by atoms with Crippen molar-refractivity contribution in [3.8, 4) is 0 Å². The summed E-state index contributed by atoms with van der Waals surface area (Å²) in [5.74, 6) is 0. The molecule has 3 heteroatoms. The van der Waals surface area contributed by atoms with E-state index in [1.807, 2.05) is 0 Å². The number of rotatable bonds is 3. The van der Waals surface area contributed by atoms with Gasteiger partial charge >= 0.3 is 0 Å². The molecule has 0 unspecified atom stereocenters. The highest BCUT2D eigenvalue weighted by Crippen LogP contribution is 2.36. The number of carbonyl (C=O) groups excluding carboxylic acids is 1. The molecule has 0 bridgehead atoms. The third kappa shape index (κ3) is 2.83. The molecule has 1 aliphatic carbocycles. The maximum Gasteiger partial charge on any atom is 0.127 e. The second kappa shape index (κ2) is 5.28. The molecule has 1 heterocycles. The highest BCUT2D eigenvalue weighted by atomic mass is 16.1. The van der Waals surface area contributed by atoms with E-state index in [2.05, 4.69) is 16.8 Å². The van der Waals surface area contributed by atoms with Crippen LogP contribution in [0.5, 0.6) is 0 Å². The summed E-state index contributed by atoms with van der Waals surface area (Å²) in [5.41, 5.74) is 0.00289. The Morgan fingerprint density at radius 1 is 1.06 bits per heavy atom. The summed E-state index contributed by atoms with van der Waals surface area (Å²) in [6.45, 7) is 5.65. The molecule has 2 rings (SSSR count). The zero-order chi connectivity index (χ0) is 11.4. The van der Waals surface area contributed by atoms with Crippen LogP contribution < -0.4 is 0 Å². The van der Waals surface area contributed by atoms with Crippen molar-refractivity contribution in [1.82, 2.24) is 9.80 Å². The van der Waals surface area contributed by atoms with Crippen LogP contribution in [-0.4, -0.2) is 55.9 Å². The quantitative estimate of drug-likeness (QED) is 0.677. The summed E-state index contributed by atoms with van der Waals surface area (Å²) in [6, 6.07) is 0. The van der Waals surface area contributed by atoms with Gasteiger partial charge in [-0.2, -0.15) is 0 Å². The third-order valence-electron chi connectivity index (χ3n) is 4.20. The van der Waals surface area contributed by atoms with E-state index in [0.29, 0.717) is 0 Å². The van der Waals surface area contributed by atoms with Crippen molar-refractivity contribution in [2.45, 2.75) is 32.1 Å². The number of aldehydes is 1. The average molecular weight is 224 g/mol. The summed E-state index contributed by atoms with van der Waals surface area (Å²) in [4.78, 5) is 16.2. The van der Waals surface area contributed by atoms with Crippen molar-refractivity contribution in [2.75, 3.05) is 39.8 Å². The minimum atomic E-state index is 0.00289. The Kier molecular flexibility index (Phi) is 3.98. The summed E-state index contributed by atoms with van der Waals surface area (Å²) < 4.78 is 0. The SMILES string of the molecule is CN1CCCN(CC2(C=O)CCCC2)CC1. The van der Waals surface area contributed by atoms with E-state index in [0.717, 1.165) is 32.5 Å². The van der Waals surface area contributed by atoms with Crippen molar-refractivity contribution in [2.24, 2.45) is 5.41 Å². The lowest BCUT2D eigenvalue weighted by atomic mass is 9.87. The molecule has 16 heavy (non-hydrogen) atoms. The first-order chi connectivity index (χ1) is 7.74. The van der Waals surface area contributed by atoms with E-state index in [1.54, 1.807) is 0 Å². The van der Waals surface area contributed by atoms with Crippen molar-refractivity contribution in [3.63, 3.8) is 0 Å². The molecule has 2 fully saturated rings. The summed E-state index contributed by atoms with van der Waals surface area (Å²) in [7, 11) is 2.19. The van der Waals surface area contributed by atoms with Crippen molar-refractivity contribution in [3.05, 3.63) is 0 Å². The second-order valence-electron chi connectivity index (χ2n) is 5.62. The van der Waals surface area contributed by atoms with E-state index in [-0.39, 0.29) is 5.41 Å². The highest BCUT2D eigenvalue weighted by Gasteiger charge is 2.35. The van der Waals surface area contributed by atoms with Crippen LogP contribution in [0.25, 0.3) is 0 Å². The number of carbonyl (C=O) groups is 1. The van der Waals surface area contributed by atoms with E-state index >= 15 is 0 Å². The van der Waals surface area contributed by atoms with Gasteiger partial charge in [-0.1, -0.05) is 12.8 Å². The molecule has 0 aromatic rings. The Morgan fingerprint density at radius 2 is 1.81 bits per heavy atom. The third-order valence-corrected chi connectivity index (χ3v) is 4.20. The van der Waals surface area contributed by atoms with Crippen molar-refractivity contribution < 1.29 is 4.79 Å². The summed E-state index contributed by atoms with van der Waals surface area (Å²) in [6.07, 6.45) is 7.20.